The van der Waals surface area contributed by atoms with E-state index in [0.717, 1.165) is 21.8 Å². The topological polar surface area (TPSA) is 17.8 Å². The molecule has 0 amide bonds. The summed E-state index contributed by atoms with van der Waals surface area (Å²) >= 11 is 12.4. The molecule has 0 aliphatic rings. The standard InChI is InChI=1S/C16H12Cl2N2/c17-14-9-5-4-8-13(14)11-20-16(18)10-15(19-20)12-6-2-1-3-7-12/h1-10H,11H2. The summed E-state index contributed by atoms with van der Waals surface area (Å²) in [6.07, 6.45) is 0. The van der Waals surface area contributed by atoms with E-state index in [2.05, 4.69) is 5.10 Å². The summed E-state index contributed by atoms with van der Waals surface area (Å²) in [5.74, 6) is 0. The third kappa shape index (κ3) is 2.72. The van der Waals surface area contributed by atoms with Crippen LogP contribution in [0.5, 0.6) is 0 Å². The molecule has 0 aliphatic carbocycles. The molecule has 0 radical (unpaired) electrons. The Balaban J connectivity index is 1.92. The summed E-state index contributed by atoms with van der Waals surface area (Å²) in [6.45, 7) is 0.561. The van der Waals surface area contributed by atoms with Crippen molar-refractivity contribution in [2.24, 2.45) is 0 Å². The van der Waals surface area contributed by atoms with E-state index in [1.54, 1.807) is 4.68 Å². The Hall–Kier alpha value is -1.77. The molecule has 100 valence electrons. The lowest BCUT2D eigenvalue weighted by Crippen LogP contribution is -2.02. The first-order valence-corrected chi connectivity index (χ1v) is 7.02. The van der Waals surface area contributed by atoms with E-state index in [0.29, 0.717) is 11.7 Å². The fraction of sp³-hybridized carbons (Fsp3) is 0.0625. The number of rotatable bonds is 3. The van der Waals surface area contributed by atoms with Crippen molar-refractivity contribution >= 4 is 23.2 Å². The van der Waals surface area contributed by atoms with Crippen LogP contribution in [0.4, 0.5) is 0 Å². The second kappa shape index (κ2) is 5.70. The number of hydrogen-bond donors (Lipinski definition) is 0. The summed E-state index contributed by atoms with van der Waals surface area (Å²) in [4.78, 5) is 0. The van der Waals surface area contributed by atoms with Crippen LogP contribution in [0.25, 0.3) is 11.3 Å². The maximum Gasteiger partial charge on any atom is 0.128 e. The van der Waals surface area contributed by atoms with Crippen LogP contribution in [-0.4, -0.2) is 9.78 Å². The Kier molecular flexibility index (Phi) is 3.77. The lowest BCUT2D eigenvalue weighted by Gasteiger charge is -2.05. The molecule has 0 saturated carbocycles. The van der Waals surface area contributed by atoms with E-state index >= 15 is 0 Å². The minimum Gasteiger partial charge on any atom is -0.249 e. The fourth-order valence-corrected chi connectivity index (χ4v) is 2.44. The van der Waals surface area contributed by atoms with Crippen molar-refractivity contribution in [2.75, 3.05) is 0 Å². The third-order valence-corrected chi connectivity index (χ3v) is 3.75. The quantitative estimate of drug-likeness (QED) is 0.672. The molecule has 0 fully saturated rings. The number of nitrogens with zero attached hydrogens (tertiary/aromatic N) is 2. The van der Waals surface area contributed by atoms with Gasteiger partial charge in [-0.1, -0.05) is 71.7 Å². The molecule has 1 aromatic heterocycles. The summed E-state index contributed by atoms with van der Waals surface area (Å²) in [5, 5.41) is 5.87. The Labute approximate surface area is 127 Å². The van der Waals surface area contributed by atoms with Crippen LogP contribution >= 0.6 is 23.2 Å². The highest BCUT2D eigenvalue weighted by molar-refractivity contribution is 6.31. The van der Waals surface area contributed by atoms with Gasteiger partial charge in [0.15, 0.2) is 0 Å². The van der Waals surface area contributed by atoms with Crippen molar-refractivity contribution in [3.63, 3.8) is 0 Å². The highest BCUT2D eigenvalue weighted by atomic mass is 35.5. The maximum absolute atomic E-state index is 6.25. The third-order valence-electron chi connectivity index (χ3n) is 3.08. The second-order valence-electron chi connectivity index (χ2n) is 4.47. The van der Waals surface area contributed by atoms with Crippen LogP contribution in [0.1, 0.15) is 5.56 Å². The van der Waals surface area contributed by atoms with Crippen molar-refractivity contribution in [3.05, 3.63) is 76.4 Å². The smallest absolute Gasteiger partial charge is 0.128 e. The molecule has 0 aliphatic heterocycles. The van der Waals surface area contributed by atoms with Gasteiger partial charge in [-0.05, 0) is 11.6 Å². The summed E-state index contributed by atoms with van der Waals surface area (Å²) < 4.78 is 1.76. The minimum atomic E-state index is 0.561. The van der Waals surface area contributed by atoms with E-state index in [1.165, 1.54) is 0 Å². The molecule has 3 rings (SSSR count). The molecule has 0 unspecified atom stereocenters. The number of aromatic nitrogens is 2. The van der Waals surface area contributed by atoms with Crippen molar-refractivity contribution in [1.29, 1.82) is 0 Å². The van der Waals surface area contributed by atoms with Crippen molar-refractivity contribution in [2.45, 2.75) is 6.54 Å². The molecule has 0 bridgehead atoms. The van der Waals surface area contributed by atoms with Crippen LogP contribution in [0, 0.1) is 0 Å². The first-order chi connectivity index (χ1) is 9.74. The minimum absolute atomic E-state index is 0.561. The highest BCUT2D eigenvalue weighted by Gasteiger charge is 2.09. The number of benzene rings is 2. The van der Waals surface area contributed by atoms with Crippen LogP contribution in [0.15, 0.2) is 60.7 Å². The Morgan fingerprint density at radius 3 is 2.35 bits per heavy atom. The molecular weight excluding hydrogens is 291 g/mol. The molecule has 4 heteroatoms. The van der Waals surface area contributed by atoms with Crippen molar-refractivity contribution < 1.29 is 0 Å². The number of hydrogen-bond acceptors (Lipinski definition) is 1. The van der Waals surface area contributed by atoms with Gasteiger partial charge >= 0.3 is 0 Å². The Morgan fingerprint density at radius 1 is 0.900 bits per heavy atom. The molecule has 0 atom stereocenters. The number of halogens is 2. The summed E-state index contributed by atoms with van der Waals surface area (Å²) in [7, 11) is 0. The lowest BCUT2D eigenvalue weighted by molar-refractivity contribution is 0.690. The predicted molar refractivity (Wildman–Crippen MR) is 83.2 cm³/mol. The average Bonchev–Trinajstić information content (AvgIpc) is 2.84. The van der Waals surface area contributed by atoms with E-state index in [-0.39, 0.29) is 0 Å². The zero-order chi connectivity index (χ0) is 13.9. The highest BCUT2D eigenvalue weighted by Crippen LogP contribution is 2.24. The first-order valence-electron chi connectivity index (χ1n) is 6.26. The zero-order valence-corrected chi connectivity index (χ0v) is 12.1. The maximum atomic E-state index is 6.25. The summed E-state index contributed by atoms with van der Waals surface area (Å²) in [5.41, 5.74) is 2.91. The van der Waals surface area contributed by atoms with Gasteiger partial charge in [0.2, 0.25) is 0 Å². The molecule has 0 N–H and O–H groups in total. The van der Waals surface area contributed by atoms with Gasteiger partial charge in [-0.15, -0.1) is 0 Å². The molecule has 1 heterocycles. The van der Waals surface area contributed by atoms with E-state index in [1.807, 2.05) is 60.7 Å². The molecule has 20 heavy (non-hydrogen) atoms. The monoisotopic (exact) mass is 302 g/mol. The zero-order valence-electron chi connectivity index (χ0n) is 10.6. The lowest BCUT2D eigenvalue weighted by atomic mass is 10.2. The average molecular weight is 303 g/mol. The van der Waals surface area contributed by atoms with Gasteiger partial charge in [-0.3, -0.25) is 0 Å². The van der Waals surface area contributed by atoms with E-state index < -0.39 is 0 Å². The van der Waals surface area contributed by atoms with E-state index in [4.69, 9.17) is 23.2 Å². The normalized spacial score (nSPS) is 10.7. The van der Waals surface area contributed by atoms with Crippen LogP contribution in [0.2, 0.25) is 10.2 Å². The van der Waals surface area contributed by atoms with Gasteiger partial charge in [-0.2, -0.15) is 5.10 Å². The van der Waals surface area contributed by atoms with Crippen LogP contribution < -0.4 is 0 Å². The molecule has 0 spiro atoms. The van der Waals surface area contributed by atoms with Crippen molar-refractivity contribution in [3.8, 4) is 11.3 Å². The Bertz CT molecular complexity index is 720. The van der Waals surface area contributed by atoms with Gasteiger partial charge < -0.3 is 0 Å². The molecular formula is C16H12Cl2N2. The van der Waals surface area contributed by atoms with Gasteiger partial charge in [0.1, 0.15) is 5.15 Å². The predicted octanol–water partition coefficient (Wildman–Crippen LogP) is 4.91. The SMILES string of the molecule is Clc1ccccc1Cn1nc(-c2ccccc2)cc1Cl. The molecule has 0 saturated heterocycles. The van der Waals surface area contributed by atoms with Crippen LogP contribution in [-0.2, 0) is 6.54 Å². The van der Waals surface area contributed by atoms with Gasteiger partial charge in [0.05, 0.1) is 12.2 Å². The van der Waals surface area contributed by atoms with Crippen molar-refractivity contribution in [1.82, 2.24) is 9.78 Å². The van der Waals surface area contributed by atoms with E-state index in [9.17, 15) is 0 Å². The summed E-state index contributed by atoms with van der Waals surface area (Å²) in [6, 6.07) is 19.5. The van der Waals surface area contributed by atoms with Gasteiger partial charge in [0, 0.05) is 16.7 Å². The van der Waals surface area contributed by atoms with Gasteiger partial charge in [0.25, 0.3) is 0 Å². The first kappa shape index (κ1) is 13.2. The molecule has 3 aromatic rings. The molecule has 2 aromatic carbocycles. The molecule has 2 nitrogen and oxygen atoms in total. The Morgan fingerprint density at radius 2 is 1.60 bits per heavy atom. The fourth-order valence-electron chi connectivity index (χ4n) is 2.04. The van der Waals surface area contributed by atoms with Crippen LogP contribution in [0.3, 0.4) is 0 Å². The second-order valence-corrected chi connectivity index (χ2v) is 5.26. The van der Waals surface area contributed by atoms with Gasteiger partial charge in [-0.25, -0.2) is 4.68 Å². The largest absolute Gasteiger partial charge is 0.249 e.